The second kappa shape index (κ2) is 7.06. The van der Waals surface area contributed by atoms with Crippen molar-refractivity contribution in [2.45, 2.75) is 12.5 Å². The normalized spacial score (nSPS) is 17.4. The number of nitrogens with one attached hydrogen (secondary N) is 1. The molecule has 20 heavy (non-hydrogen) atoms. The molecule has 0 saturated carbocycles. The van der Waals surface area contributed by atoms with Crippen molar-refractivity contribution in [1.82, 2.24) is 5.32 Å². The standard InChI is InChI=1S/C12H15N5OS.ClH/c13-11(14)15-7-6-9-10(18)17(12(19)16-9)8-4-2-1-3-5-8;/h1-5,9H,6-7H2,(H,16,19)(H4,13,14,15);1H. The maximum atomic E-state index is 12.3. The highest BCUT2D eigenvalue weighted by atomic mass is 35.5. The van der Waals surface area contributed by atoms with Crippen molar-refractivity contribution >= 4 is 47.3 Å². The first kappa shape index (κ1) is 16.2. The Balaban J connectivity index is 0.00000200. The van der Waals surface area contributed by atoms with E-state index in [1.54, 1.807) is 0 Å². The van der Waals surface area contributed by atoms with Gasteiger partial charge in [-0.2, -0.15) is 0 Å². The number of aliphatic imine (C=N–C) groups is 1. The maximum Gasteiger partial charge on any atom is 0.255 e. The number of hydrogen-bond donors (Lipinski definition) is 3. The minimum atomic E-state index is -0.379. The average Bonchev–Trinajstić information content (AvgIpc) is 2.65. The molecule has 1 amide bonds. The Morgan fingerprint density at radius 3 is 2.60 bits per heavy atom. The van der Waals surface area contributed by atoms with E-state index in [9.17, 15) is 4.79 Å². The Morgan fingerprint density at radius 1 is 1.35 bits per heavy atom. The van der Waals surface area contributed by atoms with Crippen molar-refractivity contribution in [3.05, 3.63) is 30.3 Å². The van der Waals surface area contributed by atoms with Crippen molar-refractivity contribution in [1.29, 1.82) is 0 Å². The number of rotatable bonds is 4. The van der Waals surface area contributed by atoms with Gasteiger partial charge in [-0.05, 0) is 30.8 Å². The highest BCUT2D eigenvalue weighted by Crippen LogP contribution is 2.20. The van der Waals surface area contributed by atoms with Gasteiger partial charge in [0.1, 0.15) is 6.04 Å². The number of hydrogen-bond acceptors (Lipinski definition) is 3. The number of carbonyl (C=O) groups excluding carboxylic acids is 1. The monoisotopic (exact) mass is 313 g/mol. The fourth-order valence-corrected chi connectivity index (χ4v) is 2.21. The molecule has 1 heterocycles. The molecule has 6 nitrogen and oxygen atoms in total. The van der Waals surface area contributed by atoms with Gasteiger partial charge in [0, 0.05) is 6.54 Å². The molecule has 1 atom stereocenters. The molecular weight excluding hydrogens is 298 g/mol. The van der Waals surface area contributed by atoms with Gasteiger partial charge in [-0.15, -0.1) is 12.4 Å². The third-order valence-electron chi connectivity index (χ3n) is 2.75. The van der Waals surface area contributed by atoms with E-state index in [2.05, 4.69) is 10.3 Å². The van der Waals surface area contributed by atoms with Gasteiger partial charge in [-0.25, -0.2) is 0 Å². The Labute approximate surface area is 128 Å². The Kier molecular flexibility index (Phi) is 5.72. The molecule has 1 fully saturated rings. The van der Waals surface area contributed by atoms with Gasteiger partial charge in [-0.1, -0.05) is 18.2 Å². The molecule has 0 radical (unpaired) electrons. The average molecular weight is 314 g/mol. The molecule has 0 bridgehead atoms. The Bertz CT molecular complexity index is 518. The lowest BCUT2D eigenvalue weighted by atomic mass is 10.2. The first-order chi connectivity index (χ1) is 9.09. The minimum Gasteiger partial charge on any atom is -0.370 e. The lowest BCUT2D eigenvalue weighted by Gasteiger charge is -2.14. The summed E-state index contributed by atoms with van der Waals surface area (Å²) < 4.78 is 0. The number of guanidine groups is 1. The van der Waals surface area contributed by atoms with Gasteiger partial charge >= 0.3 is 0 Å². The first-order valence-corrected chi connectivity index (χ1v) is 6.25. The molecule has 108 valence electrons. The Morgan fingerprint density at radius 2 is 2.00 bits per heavy atom. The molecule has 2 rings (SSSR count). The fraction of sp³-hybridized carbons (Fsp3) is 0.250. The molecule has 5 N–H and O–H groups in total. The molecule has 1 aliphatic rings. The third kappa shape index (κ3) is 3.58. The smallest absolute Gasteiger partial charge is 0.255 e. The van der Waals surface area contributed by atoms with Crippen molar-refractivity contribution < 1.29 is 4.79 Å². The number of nitrogens with zero attached hydrogens (tertiary/aromatic N) is 2. The van der Waals surface area contributed by atoms with Gasteiger partial charge in [-0.3, -0.25) is 14.7 Å². The van der Waals surface area contributed by atoms with E-state index in [4.69, 9.17) is 23.7 Å². The van der Waals surface area contributed by atoms with Crippen LogP contribution in [0.2, 0.25) is 0 Å². The summed E-state index contributed by atoms with van der Waals surface area (Å²) in [7, 11) is 0. The zero-order valence-electron chi connectivity index (χ0n) is 10.7. The zero-order valence-corrected chi connectivity index (χ0v) is 12.3. The van der Waals surface area contributed by atoms with E-state index in [1.807, 2.05) is 30.3 Å². The zero-order chi connectivity index (χ0) is 13.8. The number of halogens is 1. The topological polar surface area (TPSA) is 96.7 Å². The third-order valence-corrected chi connectivity index (χ3v) is 3.05. The summed E-state index contributed by atoms with van der Waals surface area (Å²) in [5.74, 6) is -0.0602. The van der Waals surface area contributed by atoms with Crippen LogP contribution in [-0.4, -0.2) is 29.6 Å². The number of benzene rings is 1. The molecule has 1 aromatic rings. The molecule has 1 saturated heterocycles. The summed E-state index contributed by atoms with van der Waals surface area (Å²) >= 11 is 5.19. The quantitative estimate of drug-likeness (QED) is 0.424. The van der Waals surface area contributed by atoms with E-state index < -0.39 is 0 Å². The van der Waals surface area contributed by atoms with Crippen LogP contribution in [0.3, 0.4) is 0 Å². The van der Waals surface area contributed by atoms with Crippen LogP contribution in [0.1, 0.15) is 6.42 Å². The molecule has 1 aromatic carbocycles. The lowest BCUT2D eigenvalue weighted by Crippen LogP contribution is -2.32. The summed E-state index contributed by atoms with van der Waals surface area (Å²) in [5.41, 5.74) is 11.2. The van der Waals surface area contributed by atoms with E-state index in [0.29, 0.717) is 18.1 Å². The van der Waals surface area contributed by atoms with Gasteiger partial charge in [0.2, 0.25) is 0 Å². The van der Waals surface area contributed by atoms with Crippen LogP contribution in [-0.2, 0) is 4.79 Å². The van der Waals surface area contributed by atoms with Crippen molar-refractivity contribution in [2.24, 2.45) is 16.5 Å². The van der Waals surface area contributed by atoms with Crippen LogP contribution < -0.4 is 21.7 Å². The van der Waals surface area contributed by atoms with Crippen LogP contribution >= 0.6 is 24.6 Å². The van der Waals surface area contributed by atoms with Crippen LogP contribution in [0.5, 0.6) is 0 Å². The van der Waals surface area contributed by atoms with E-state index in [0.717, 1.165) is 5.69 Å². The van der Waals surface area contributed by atoms with Gasteiger partial charge in [0.05, 0.1) is 5.69 Å². The second-order valence-corrected chi connectivity index (χ2v) is 4.49. The largest absolute Gasteiger partial charge is 0.370 e. The van der Waals surface area contributed by atoms with Crippen molar-refractivity contribution in [3.8, 4) is 0 Å². The molecule has 0 aromatic heterocycles. The van der Waals surface area contributed by atoms with Gasteiger partial charge in [0.25, 0.3) is 5.91 Å². The molecule has 1 aliphatic heterocycles. The number of thiocarbonyl (C=S) groups is 1. The summed E-state index contributed by atoms with van der Waals surface area (Å²) in [6, 6.07) is 8.90. The highest BCUT2D eigenvalue weighted by Gasteiger charge is 2.35. The summed E-state index contributed by atoms with van der Waals surface area (Å²) in [5, 5.41) is 3.39. The van der Waals surface area contributed by atoms with Crippen molar-refractivity contribution in [2.75, 3.05) is 11.4 Å². The molecule has 0 spiro atoms. The fourth-order valence-electron chi connectivity index (χ4n) is 1.87. The summed E-state index contributed by atoms with van der Waals surface area (Å²) in [4.78, 5) is 17.6. The Hall–Kier alpha value is -1.86. The van der Waals surface area contributed by atoms with Crippen molar-refractivity contribution in [3.63, 3.8) is 0 Å². The predicted octanol–water partition coefficient (Wildman–Crippen LogP) is 0.362. The van der Waals surface area contributed by atoms with E-state index >= 15 is 0 Å². The number of amides is 1. The van der Waals surface area contributed by atoms with Gasteiger partial charge < -0.3 is 16.8 Å². The van der Waals surface area contributed by atoms with Crippen LogP contribution in [0, 0.1) is 0 Å². The highest BCUT2D eigenvalue weighted by molar-refractivity contribution is 7.80. The number of carbonyl (C=O) groups is 1. The van der Waals surface area contributed by atoms with Crippen LogP contribution in [0.4, 0.5) is 5.69 Å². The molecular formula is C12H16ClN5OS. The summed E-state index contributed by atoms with van der Waals surface area (Å²) in [6.45, 7) is 0.386. The summed E-state index contributed by atoms with van der Waals surface area (Å²) in [6.07, 6.45) is 0.500. The minimum absolute atomic E-state index is 0. The maximum absolute atomic E-state index is 12.3. The van der Waals surface area contributed by atoms with Crippen LogP contribution in [0.15, 0.2) is 35.3 Å². The predicted molar refractivity (Wildman–Crippen MR) is 86.0 cm³/mol. The lowest BCUT2D eigenvalue weighted by molar-refractivity contribution is -0.118. The number of para-hydroxylation sites is 1. The number of anilines is 1. The molecule has 0 aliphatic carbocycles. The van der Waals surface area contributed by atoms with E-state index in [1.165, 1.54) is 4.90 Å². The second-order valence-electron chi connectivity index (χ2n) is 4.11. The number of nitrogens with two attached hydrogens (primary N) is 2. The molecule has 1 unspecified atom stereocenters. The van der Waals surface area contributed by atoms with Crippen LogP contribution in [0.25, 0.3) is 0 Å². The van der Waals surface area contributed by atoms with Gasteiger partial charge in [0.15, 0.2) is 11.1 Å². The first-order valence-electron chi connectivity index (χ1n) is 5.84. The van der Waals surface area contributed by atoms with E-state index in [-0.39, 0.29) is 30.3 Å². The SMILES string of the molecule is Cl.NC(N)=NCCC1NC(=S)N(c2ccccc2)C1=O. The molecule has 8 heteroatoms.